The summed E-state index contributed by atoms with van der Waals surface area (Å²) in [4.78, 5) is 19.1. The molecule has 4 heterocycles. The van der Waals surface area contributed by atoms with Crippen LogP contribution in [0.5, 0.6) is 0 Å². The van der Waals surface area contributed by atoms with Crippen molar-refractivity contribution in [2.24, 2.45) is 0 Å². The first-order chi connectivity index (χ1) is 14.5. The molecule has 1 N–H and O–H groups in total. The van der Waals surface area contributed by atoms with Gasteiger partial charge in [0.2, 0.25) is 5.95 Å². The first kappa shape index (κ1) is 18.9. The average molecular weight is 407 g/mol. The molecule has 0 saturated carbocycles. The number of nitrogens with zero attached hydrogens (tertiary/aromatic N) is 3. The zero-order valence-corrected chi connectivity index (χ0v) is 16.6. The summed E-state index contributed by atoms with van der Waals surface area (Å²) < 4.78 is 19.7. The Kier molecular flexibility index (Phi) is 4.43. The zero-order valence-electron chi connectivity index (χ0n) is 16.6. The van der Waals surface area contributed by atoms with Gasteiger partial charge in [0, 0.05) is 42.2 Å². The van der Waals surface area contributed by atoms with Crippen LogP contribution in [0.15, 0.2) is 53.2 Å². The van der Waals surface area contributed by atoms with Crippen LogP contribution >= 0.6 is 0 Å². The van der Waals surface area contributed by atoms with Crippen LogP contribution in [0.1, 0.15) is 47.4 Å². The number of amides is 1. The molecule has 2 bridgehead atoms. The predicted octanol–water partition coefficient (Wildman–Crippen LogP) is 3.84. The highest BCUT2D eigenvalue weighted by Gasteiger charge is 2.51. The van der Waals surface area contributed by atoms with Crippen LogP contribution in [0.25, 0.3) is 11.3 Å². The highest BCUT2D eigenvalue weighted by molar-refractivity contribution is 6.01. The van der Waals surface area contributed by atoms with Crippen LogP contribution in [-0.4, -0.2) is 38.1 Å². The molecule has 0 aliphatic carbocycles. The minimum Gasteiger partial charge on any atom is -0.385 e. The monoisotopic (exact) mass is 407 g/mol. The summed E-state index contributed by atoms with van der Waals surface area (Å²) in [5.41, 5.74) is 0.677. The van der Waals surface area contributed by atoms with Gasteiger partial charge in [-0.25, -0.2) is 4.98 Å². The number of rotatable bonds is 3. The molecule has 2 fully saturated rings. The molecule has 154 valence electrons. The van der Waals surface area contributed by atoms with Crippen molar-refractivity contribution in [1.82, 2.24) is 15.0 Å². The number of hydrogen-bond donors (Lipinski definition) is 1. The molecule has 0 radical (unpaired) electrons. The Morgan fingerprint density at radius 1 is 1.17 bits per heavy atom. The van der Waals surface area contributed by atoms with Crippen molar-refractivity contribution in [2.45, 2.75) is 50.3 Å². The number of hydrogen-bond acceptors (Lipinski definition) is 5. The quantitative estimate of drug-likeness (QED) is 0.668. The second kappa shape index (κ2) is 7.02. The Balaban J connectivity index is 1.48. The van der Waals surface area contributed by atoms with E-state index < -0.39 is 11.5 Å². The van der Waals surface area contributed by atoms with E-state index in [1.807, 2.05) is 35.2 Å². The lowest BCUT2D eigenvalue weighted by Gasteiger charge is -2.44. The number of aromatic nitrogens is 2. The number of pyridine rings is 1. The van der Waals surface area contributed by atoms with E-state index in [0.717, 1.165) is 18.4 Å². The van der Waals surface area contributed by atoms with Gasteiger partial charge in [0.25, 0.3) is 5.91 Å². The topological polar surface area (TPSA) is 79.5 Å². The Hall–Kier alpha value is -3.06. The first-order valence-electron chi connectivity index (χ1n) is 10.2. The van der Waals surface area contributed by atoms with E-state index in [9.17, 15) is 14.3 Å². The Morgan fingerprint density at radius 2 is 1.87 bits per heavy atom. The minimum atomic E-state index is -1.33. The number of piperidine rings is 1. The van der Waals surface area contributed by atoms with Crippen molar-refractivity contribution >= 4 is 5.91 Å². The van der Waals surface area contributed by atoms with Gasteiger partial charge in [-0.3, -0.25) is 4.79 Å². The van der Waals surface area contributed by atoms with E-state index in [4.69, 9.17) is 4.52 Å². The molecular formula is C23H22FN3O3. The number of fused-ring (bicyclic) bond motifs is 2. The second-order valence-electron chi connectivity index (χ2n) is 8.21. The predicted molar refractivity (Wildman–Crippen MR) is 107 cm³/mol. The van der Waals surface area contributed by atoms with Crippen molar-refractivity contribution in [1.29, 1.82) is 0 Å². The molecule has 1 amide bonds. The first-order valence-corrected chi connectivity index (χ1v) is 10.2. The van der Waals surface area contributed by atoms with E-state index >= 15 is 0 Å². The maximum atomic E-state index is 14.3. The van der Waals surface area contributed by atoms with Gasteiger partial charge in [-0.15, -0.1) is 0 Å². The van der Waals surface area contributed by atoms with Gasteiger partial charge >= 0.3 is 0 Å². The third-order valence-electron chi connectivity index (χ3n) is 6.39. The highest BCUT2D eigenvalue weighted by Crippen LogP contribution is 2.47. The summed E-state index contributed by atoms with van der Waals surface area (Å²) >= 11 is 0. The van der Waals surface area contributed by atoms with Gasteiger partial charge in [-0.05, 0) is 25.8 Å². The molecule has 3 aromatic rings. The van der Waals surface area contributed by atoms with Crippen LogP contribution in [0.4, 0.5) is 4.39 Å². The van der Waals surface area contributed by atoms with Crippen molar-refractivity contribution in [2.75, 3.05) is 0 Å². The van der Waals surface area contributed by atoms with E-state index in [-0.39, 0.29) is 36.4 Å². The number of aryl methyl sites for hydroxylation is 1. The summed E-state index contributed by atoms with van der Waals surface area (Å²) in [6.07, 6.45) is 3.47. The van der Waals surface area contributed by atoms with Crippen molar-refractivity contribution in [3.63, 3.8) is 0 Å². The lowest BCUT2D eigenvalue weighted by atomic mass is 9.80. The van der Waals surface area contributed by atoms with E-state index in [1.54, 1.807) is 19.1 Å². The molecule has 2 atom stereocenters. The van der Waals surface area contributed by atoms with Crippen LogP contribution in [-0.2, 0) is 5.60 Å². The molecule has 0 spiro atoms. The number of halogens is 1. The number of carbonyl (C=O) groups is 1. The Morgan fingerprint density at radius 3 is 2.53 bits per heavy atom. The lowest BCUT2D eigenvalue weighted by Crippen LogP contribution is -2.52. The summed E-state index contributed by atoms with van der Waals surface area (Å²) in [6.45, 7) is 1.74. The lowest BCUT2D eigenvalue weighted by molar-refractivity contribution is -0.0504. The maximum absolute atomic E-state index is 14.3. The fourth-order valence-corrected chi connectivity index (χ4v) is 5.06. The van der Waals surface area contributed by atoms with Crippen LogP contribution in [0, 0.1) is 12.9 Å². The number of aliphatic hydroxyl groups is 1. The minimum absolute atomic E-state index is 0.145. The standard InChI is InChI=1S/C23H22FN3O3/c1-14-19(20(26-30-14)15-6-3-2-4-7-15)22(28)27-16-9-10-17(27)13-23(29,12-16)18-8-5-11-25-21(18)24/h2-8,11,16-17,29H,9-10,12-13H2,1H3/t16-,17-/m0/s1. The van der Waals surface area contributed by atoms with E-state index in [0.29, 0.717) is 17.0 Å². The third kappa shape index (κ3) is 2.92. The van der Waals surface area contributed by atoms with Gasteiger partial charge in [-0.2, -0.15) is 4.39 Å². The Bertz CT molecular complexity index is 1080. The highest BCUT2D eigenvalue weighted by atomic mass is 19.1. The van der Waals surface area contributed by atoms with Gasteiger partial charge in [-0.1, -0.05) is 41.6 Å². The molecule has 2 aliphatic heterocycles. The smallest absolute Gasteiger partial charge is 0.260 e. The van der Waals surface area contributed by atoms with E-state index in [1.165, 1.54) is 6.20 Å². The number of carbonyl (C=O) groups excluding carboxylic acids is 1. The van der Waals surface area contributed by atoms with Crippen LogP contribution < -0.4 is 0 Å². The largest absolute Gasteiger partial charge is 0.385 e. The summed E-state index contributed by atoms with van der Waals surface area (Å²) in [7, 11) is 0. The fraction of sp³-hybridized carbons (Fsp3) is 0.348. The van der Waals surface area contributed by atoms with Crippen molar-refractivity contribution in [3.8, 4) is 11.3 Å². The summed E-state index contributed by atoms with van der Waals surface area (Å²) in [5, 5.41) is 15.4. The third-order valence-corrected chi connectivity index (χ3v) is 6.39. The second-order valence-corrected chi connectivity index (χ2v) is 8.21. The molecule has 6 nitrogen and oxygen atoms in total. The molecule has 2 aromatic heterocycles. The van der Waals surface area contributed by atoms with Crippen LogP contribution in [0.3, 0.4) is 0 Å². The van der Waals surface area contributed by atoms with Crippen molar-refractivity contribution in [3.05, 3.63) is 71.5 Å². The molecular weight excluding hydrogens is 385 g/mol. The summed E-state index contributed by atoms with van der Waals surface area (Å²) in [5.74, 6) is -0.327. The van der Waals surface area contributed by atoms with Crippen LogP contribution in [0.2, 0.25) is 0 Å². The van der Waals surface area contributed by atoms with Gasteiger partial charge < -0.3 is 14.5 Å². The molecule has 0 unspecified atom stereocenters. The number of benzene rings is 1. The fourth-order valence-electron chi connectivity index (χ4n) is 5.06. The average Bonchev–Trinajstić information content (AvgIpc) is 3.26. The molecule has 30 heavy (non-hydrogen) atoms. The molecule has 2 saturated heterocycles. The summed E-state index contributed by atoms with van der Waals surface area (Å²) in [6, 6.07) is 12.3. The van der Waals surface area contributed by atoms with Crippen molar-refractivity contribution < 1.29 is 18.8 Å². The van der Waals surface area contributed by atoms with Gasteiger partial charge in [0.05, 0.1) is 5.60 Å². The zero-order chi connectivity index (χ0) is 20.9. The van der Waals surface area contributed by atoms with Gasteiger partial charge in [0.15, 0.2) is 0 Å². The normalized spacial score (nSPS) is 25.5. The molecule has 2 aliphatic rings. The Labute approximate surface area is 173 Å². The van der Waals surface area contributed by atoms with Gasteiger partial charge in [0.1, 0.15) is 17.0 Å². The molecule has 1 aromatic carbocycles. The molecule has 7 heteroatoms. The van der Waals surface area contributed by atoms with E-state index in [2.05, 4.69) is 10.1 Å². The molecule has 5 rings (SSSR count). The SMILES string of the molecule is Cc1onc(-c2ccccc2)c1C(=O)N1[C@H]2CC[C@H]1CC(O)(c1cccnc1F)C2. The maximum Gasteiger partial charge on any atom is 0.260 e.